The molecule has 1 unspecified atom stereocenters. The zero-order valence-electron chi connectivity index (χ0n) is 16.2. The van der Waals surface area contributed by atoms with Crippen LogP contribution in [0.4, 0.5) is 5.13 Å². The second-order valence-corrected chi connectivity index (χ2v) is 10.2. The minimum atomic E-state index is -1.32. The van der Waals surface area contributed by atoms with E-state index in [4.69, 9.17) is 22.4 Å². The maximum atomic E-state index is 12.9. The van der Waals surface area contributed by atoms with E-state index < -0.39 is 47.5 Å². The monoisotopic (exact) mass is 521 g/mol. The lowest BCUT2D eigenvalue weighted by molar-refractivity contribution is -0.150. The number of thiazole rings is 1. The van der Waals surface area contributed by atoms with E-state index in [0.717, 1.165) is 16.2 Å². The fraction of sp³-hybridized carbons (Fsp3) is 0.375. The Kier molecular flexibility index (Phi) is 7.53. The number of hydrogen-bond donors (Lipinski definition) is 4. The number of anilines is 1. The molecule has 0 saturated carbocycles. The van der Waals surface area contributed by atoms with E-state index in [1.807, 2.05) is 6.92 Å². The predicted molar refractivity (Wildman–Crippen MR) is 119 cm³/mol. The third kappa shape index (κ3) is 4.79. The van der Waals surface area contributed by atoms with Crippen molar-refractivity contribution in [1.29, 1.82) is 0 Å². The first-order chi connectivity index (χ1) is 15.1. The standard InChI is InChI=1S/C16H16ClN5O7S3/c1-2-30-5-4-31-14-9(13(26)22(14)10(5)15(27)28)19-12(25)8(21-29-3-6(23)24)7-11(17)32-16(18)20-7/h9,14H,2-4H2,1H3,(H2,18,20)(H,19,25)(H,23,24)(H,27,28)/t9?,14-/m0/s1. The lowest BCUT2D eigenvalue weighted by atomic mass is 10.0. The number of aliphatic carboxylic acids is 2. The summed E-state index contributed by atoms with van der Waals surface area (Å²) < 4.78 is 0.0151. The average Bonchev–Trinajstić information content (AvgIpc) is 3.06. The maximum Gasteiger partial charge on any atom is 0.353 e. The molecule has 2 aliphatic heterocycles. The Morgan fingerprint density at radius 2 is 2.16 bits per heavy atom. The quantitative estimate of drug-likeness (QED) is 0.203. The minimum Gasteiger partial charge on any atom is -0.479 e. The molecule has 1 aromatic rings. The highest BCUT2D eigenvalue weighted by Gasteiger charge is 2.54. The Labute approximate surface area is 198 Å². The summed E-state index contributed by atoms with van der Waals surface area (Å²) >= 11 is 9.56. The first-order valence-corrected chi connectivity index (χ1v) is 12.1. The van der Waals surface area contributed by atoms with Gasteiger partial charge in [0.05, 0.1) is 0 Å². The van der Waals surface area contributed by atoms with Crippen LogP contribution in [0.5, 0.6) is 0 Å². The number of nitrogens with zero attached hydrogens (tertiary/aromatic N) is 3. The molecule has 3 rings (SSSR count). The van der Waals surface area contributed by atoms with Crippen molar-refractivity contribution >= 4 is 81.1 Å². The average molecular weight is 522 g/mol. The van der Waals surface area contributed by atoms with Gasteiger partial charge >= 0.3 is 11.9 Å². The number of amides is 2. The summed E-state index contributed by atoms with van der Waals surface area (Å²) in [5, 5.41) is 23.7. The van der Waals surface area contributed by atoms with Gasteiger partial charge in [-0.25, -0.2) is 14.6 Å². The van der Waals surface area contributed by atoms with Crippen LogP contribution in [-0.2, 0) is 24.0 Å². The number of fused-ring (bicyclic) bond motifs is 1. The molecule has 172 valence electrons. The SMILES string of the molecule is CCSC1=C(C(=O)O)N2C(=O)C(NC(=O)C(=NOCC(=O)O)c3nc(N)sc3Cl)[C@@H]2SC1. The summed E-state index contributed by atoms with van der Waals surface area (Å²) in [6.45, 7) is 1.05. The van der Waals surface area contributed by atoms with Crippen LogP contribution in [0, 0.1) is 0 Å². The number of nitrogens with one attached hydrogen (secondary N) is 1. The number of carboxylic acid groups (broad SMARTS) is 2. The van der Waals surface area contributed by atoms with Crippen LogP contribution in [0.1, 0.15) is 12.6 Å². The summed E-state index contributed by atoms with van der Waals surface area (Å²) in [6, 6.07) is -1.03. The Morgan fingerprint density at radius 1 is 1.44 bits per heavy atom. The number of oxime groups is 1. The molecule has 0 radical (unpaired) electrons. The molecular weight excluding hydrogens is 506 g/mol. The van der Waals surface area contributed by atoms with Gasteiger partial charge in [0, 0.05) is 10.7 Å². The molecule has 0 spiro atoms. The van der Waals surface area contributed by atoms with Gasteiger partial charge in [0.1, 0.15) is 27.1 Å². The van der Waals surface area contributed by atoms with E-state index >= 15 is 0 Å². The normalized spacial score (nSPS) is 20.5. The van der Waals surface area contributed by atoms with Gasteiger partial charge < -0.3 is 26.1 Å². The van der Waals surface area contributed by atoms with Crippen molar-refractivity contribution in [2.45, 2.75) is 18.3 Å². The van der Waals surface area contributed by atoms with Crippen LogP contribution in [0.25, 0.3) is 0 Å². The molecule has 2 aliphatic rings. The van der Waals surface area contributed by atoms with E-state index in [1.54, 1.807) is 0 Å². The van der Waals surface area contributed by atoms with Gasteiger partial charge in [-0.15, -0.1) is 23.5 Å². The van der Waals surface area contributed by atoms with Gasteiger partial charge in [-0.3, -0.25) is 14.5 Å². The fourth-order valence-corrected chi connectivity index (χ4v) is 6.22. The summed E-state index contributed by atoms with van der Waals surface area (Å²) in [5.74, 6) is -3.04. The van der Waals surface area contributed by atoms with Gasteiger partial charge in [0.2, 0.25) is 6.61 Å². The van der Waals surface area contributed by atoms with Crippen LogP contribution in [0.15, 0.2) is 15.8 Å². The molecule has 5 N–H and O–H groups in total. The van der Waals surface area contributed by atoms with E-state index in [0.29, 0.717) is 16.4 Å². The Balaban J connectivity index is 1.82. The number of halogens is 1. The number of nitrogen functional groups attached to an aromatic ring is 1. The van der Waals surface area contributed by atoms with Crippen LogP contribution in [0.3, 0.4) is 0 Å². The first-order valence-electron chi connectivity index (χ1n) is 8.84. The highest BCUT2D eigenvalue weighted by molar-refractivity contribution is 8.06. The van der Waals surface area contributed by atoms with E-state index in [1.165, 1.54) is 23.5 Å². The van der Waals surface area contributed by atoms with E-state index in [-0.39, 0.29) is 20.9 Å². The Morgan fingerprint density at radius 3 is 2.72 bits per heavy atom. The van der Waals surface area contributed by atoms with Gasteiger partial charge in [0.25, 0.3) is 11.8 Å². The summed E-state index contributed by atoms with van der Waals surface area (Å²) in [4.78, 5) is 58.3. The summed E-state index contributed by atoms with van der Waals surface area (Å²) in [5.41, 5.74) is 4.91. The molecule has 2 atom stereocenters. The minimum absolute atomic E-state index is 0.0151. The van der Waals surface area contributed by atoms with Crippen molar-refractivity contribution in [3.8, 4) is 0 Å². The van der Waals surface area contributed by atoms with Crippen LogP contribution >= 0.6 is 46.5 Å². The van der Waals surface area contributed by atoms with Crippen molar-refractivity contribution in [1.82, 2.24) is 15.2 Å². The number of thioether (sulfide) groups is 2. The molecule has 1 aromatic heterocycles. The number of carboxylic acids is 2. The topological polar surface area (TPSA) is 185 Å². The van der Waals surface area contributed by atoms with Gasteiger partial charge in [-0.1, -0.05) is 35.0 Å². The number of aromatic nitrogens is 1. The van der Waals surface area contributed by atoms with Crippen molar-refractivity contribution < 1.29 is 34.2 Å². The number of carbonyl (C=O) groups excluding carboxylic acids is 2. The summed E-state index contributed by atoms with van der Waals surface area (Å²) in [7, 11) is 0. The van der Waals surface area contributed by atoms with E-state index in [2.05, 4.69) is 20.3 Å². The fourth-order valence-electron chi connectivity index (χ4n) is 2.89. The molecule has 2 amide bonds. The van der Waals surface area contributed by atoms with Crippen molar-refractivity contribution in [2.24, 2.45) is 5.16 Å². The number of nitrogens with two attached hydrogens (primary N) is 1. The smallest absolute Gasteiger partial charge is 0.353 e. The van der Waals surface area contributed by atoms with Gasteiger partial charge in [-0.05, 0) is 5.75 Å². The Bertz CT molecular complexity index is 1040. The lowest BCUT2D eigenvalue weighted by Gasteiger charge is -2.49. The highest BCUT2D eigenvalue weighted by Crippen LogP contribution is 2.43. The molecule has 3 heterocycles. The second-order valence-electron chi connectivity index (χ2n) is 6.15. The number of β-lactam (4-membered cyclic amide) rings is 1. The van der Waals surface area contributed by atoms with Crippen LogP contribution < -0.4 is 11.1 Å². The molecule has 1 saturated heterocycles. The summed E-state index contributed by atoms with van der Waals surface area (Å²) in [6.07, 6.45) is 0. The zero-order chi connectivity index (χ0) is 23.6. The molecule has 0 aromatic carbocycles. The van der Waals surface area contributed by atoms with Crippen molar-refractivity contribution in [3.05, 3.63) is 20.6 Å². The molecule has 0 aliphatic carbocycles. The third-order valence-electron chi connectivity index (χ3n) is 4.13. The molecule has 0 bridgehead atoms. The highest BCUT2D eigenvalue weighted by atomic mass is 35.5. The Hall–Kier alpha value is -2.49. The maximum absolute atomic E-state index is 12.9. The van der Waals surface area contributed by atoms with Crippen molar-refractivity contribution in [2.75, 3.05) is 23.8 Å². The third-order valence-corrected chi connectivity index (χ3v) is 7.65. The number of rotatable bonds is 9. The lowest BCUT2D eigenvalue weighted by Crippen LogP contribution is -2.71. The predicted octanol–water partition coefficient (Wildman–Crippen LogP) is 0.633. The number of hydrogen-bond acceptors (Lipinski definition) is 11. The molecule has 32 heavy (non-hydrogen) atoms. The van der Waals surface area contributed by atoms with Crippen molar-refractivity contribution in [3.63, 3.8) is 0 Å². The number of carbonyl (C=O) groups is 4. The van der Waals surface area contributed by atoms with E-state index in [9.17, 15) is 24.3 Å². The van der Waals surface area contributed by atoms with Gasteiger partial charge in [0.15, 0.2) is 10.8 Å². The molecular formula is C16H16ClN5O7S3. The second kappa shape index (κ2) is 9.97. The van der Waals surface area contributed by atoms with Gasteiger partial charge in [-0.2, -0.15) is 0 Å². The van der Waals surface area contributed by atoms with Crippen LogP contribution in [0.2, 0.25) is 4.34 Å². The zero-order valence-corrected chi connectivity index (χ0v) is 19.4. The molecule has 1 fully saturated rings. The first kappa shape index (κ1) is 24.2. The van der Waals surface area contributed by atoms with Crippen LogP contribution in [-0.4, -0.2) is 79.1 Å². The largest absolute Gasteiger partial charge is 0.479 e. The molecule has 16 heteroatoms. The molecule has 12 nitrogen and oxygen atoms in total.